The lowest BCUT2D eigenvalue weighted by Gasteiger charge is -2.50. The van der Waals surface area contributed by atoms with E-state index in [1.807, 2.05) is 22.2 Å². The van der Waals surface area contributed by atoms with Crippen molar-refractivity contribution in [1.29, 1.82) is 0 Å². The van der Waals surface area contributed by atoms with Crippen molar-refractivity contribution in [2.24, 2.45) is 11.8 Å². The third-order valence-electron chi connectivity index (χ3n) is 7.13. The molecule has 1 aromatic rings. The number of amides is 2. The lowest BCUT2D eigenvalue weighted by atomic mass is 9.95. The molecule has 3 heterocycles. The highest BCUT2D eigenvalue weighted by atomic mass is 16.7. The number of nitrogens with zero attached hydrogens (tertiary/aromatic N) is 3. The molecule has 2 fully saturated rings. The smallest absolute Gasteiger partial charge is 0.260 e. The molecule has 3 aliphatic rings. The van der Waals surface area contributed by atoms with E-state index in [2.05, 4.69) is 57.3 Å². The highest BCUT2D eigenvalue weighted by Gasteiger charge is 2.48. The Balaban J connectivity index is 1.64. The van der Waals surface area contributed by atoms with Gasteiger partial charge in [-0.2, -0.15) is 0 Å². The fourth-order valence-corrected chi connectivity index (χ4v) is 5.38. The third-order valence-corrected chi connectivity index (χ3v) is 7.13. The molecule has 0 aromatic heterocycles. The zero-order chi connectivity index (χ0) is 24.9. The second-order valence-electron chi connectivity index (χ2n) is 11.0. The predicted octanol–water partition coefficient (Wildman–Crippen LogP) is 3.92. The SMILES string of the molecule is CC(C)C[C@H]1ON(CCCc2ccccc2)C2=CN(C3CCNCC3)C(=O)[C@H](CC(C)C)N2C1=O. The van der Waals surface area contributed by atoms with Crippen LogP contribution in [0.1, 0.15) is 65.4 Å². The summed E-state index contributed by atoms with van der Waals surface area (Å²) in [6, 6.07) is 10.1. The Morgan fingerprint density at radius 3 is 2.31 bits per heavy atom. The van der Waals surface area contributed by atoms with Crippen molar-refractivity contribution in [2.75, 3.05) is 19.6 Å². The fraction of sp³-hybridized carbons (Fsp3) is 0.643. The van der Waals surface area contributed by atoms with Crippen LogP contribution >= 0.6 is 0 Å². The Labute approximate surface area is 210 Å². The van der Waals surface area contributed by atoms with E-state index in [-0.39, 0.29) is 17.9 Å². The first kappa shape index (κ1) is 25.7. The molecule has 0 bridgehead atoms. The first-order chi connectivity index (χ1) is 16.8. The van der Waals surface area contributed by atoms with Gasteiger partial charge in [0.1, 0.15) is 6.04 Å². The van der Waals surface area contributed by atoms with Gasteiger partial charge in [0.25, 0.3) is 5.91 Å². The molecule has 4 rings (SSSR count). The van der Waals surface area contributed by atoms with E-state index >= 15 is 0 Å². The molecule has 7 nitrogen and oxygen atoms in total. The van der Waals surface area contributed by atoms with Crippen LogP contribution in [0, 0.1) is 11.8 Å². The van der Waals surface area contributed by atoms with Crippen molar-refractivity contribution in [3.05, 3.63) is 47.9 Å². The van der Waals surface area contributed by atoms with Crippen LogP contribution in [0.4, 0.5) is 0 Å². The molecule has 35 heavy (non-hydrogen) atoms. The summed E-state index contributed by atoms with van der Waals surface area (Å²) < 4.78 is 0. The topological polar surface area (TPSA) is 65.1 Å². The maximum Gasteiger partial charge on any atom is 0.260 e. The standard InChI is InChI=1S/C28H42N4O3/c1-20(2)17-24-27(33)30(23-12-14-29-15-13-23)19-26-31(16-8-11-22-9-6-5-7-10-22)35-25(18-21(3)4)28(34)32(24)26/h5-7,9-10,19-21,23-25,29H,8,11-18H2,1-4H3/t24-,25+/m0/s1. The van der Waals surface area contributed by atoms with Crippen molar-refractivity contribution in [3.63, 3.8) is 0 Å². The monoisotopic (exact) mass is 482 g/mol. The maximum atomic E-state index is 13.8. The lowest BCUT2D eigenvalue weighted by molar-refractivity contribution is -0.231. The molecule has 0 aliphatic carbocycles. The van der Waals surface area contributed by atoms with Gasteiger partial charge in [0.15, 0.2) is 11.9 Å². The number of fused-ring (bicyclic) bond motifs is 1. The van der Waals surface area contributed by atoms with E-state index in [0.717, 1.165) is 44.6 Å². The number of carbonyl (C=O) groups excluding carboxylic acids is 2. The van der Waals surface area contributed by atoms with Crippen molar-refractivity contribution in [3.8, 4) is 0 Å². The highest BCUT2D eigenvalue weighted by molar-refractivity contribution is 5.93. The molecule has 192 valence electrons. The normalized spacial score (nSPS) is 23.8. The van der Waals surface area contributed by atoms with Crippen LogP contribution < -0.4 is 5.32 Å². The second-order valence-corrected chi connectivity index (χ2v) is 11.0. The molecule has 0 unspecified atom stereocenters. The maximum absolute atomic E-state index is 13.8. The Morgan fingerprint density at radius 2 is 1.66 bits per heavy atom. The minimum absolute atomic E-state index is 0.0529. The Kier molecular flexibility index (Phi) is 8.50. The van der Waals surface area contributed by atoms with Crippen LogP contribution in [-0.2, 0) is 20.8 Å². The van der Waals surface area contributed by atoms with E-state index in [4.69, 9.17) is 4.84 Å². The minimum atomic E-state index is -0.559. The van der Waals surface area contributed by atoms with Gasteiger partial charge in [0.05, 0.1) is 6.20 Å². The summed E-state index contributed by atoms with van der Waals surface area (Å²) in [7, 11) is 0. The van der Waals surface area contributed by atoms with Gasteiger partial charge in [-0.05, 0) is 69.0 Å². The molecule has 7 heteroatoms. The zero-order valence-corrected chi connectivity index (χ0v) is 21.8. The van der Waals surface area contributed by atoms with Crippen molar-refractivity contribution < 1.29 is 14.4 Å². The average Bonchev–Trinajstić information content (AvgIpc) is 2.83. The number of benzene rings is 1. The molecule has 0 saturated carbocycles. The van der Waals surface area contributed by atoms with Gasteiger partial charge in [-0.3, -0.25) is 19.3 Å². The van der Waals surface area contributed by atoms with Crippen LogP contribution in [0.25, 0.3) is 0 Å². The first-order valence-corrected chi connectivity index (χ1v) is 13.4. The lowest BCUT2D eigenvalue weighted by Crippen LogP contribution is -2.64. The van der Waals surface area contributed by atoms with Gasteiger partial charge in [0, 0.05) is 12.6 Å². The van der Waals surface area contributed by atoms with Gasteiger partial charge in [-0.15, -0.1) is 0 Å². The third kappa shape index (κ3) is 6.07. The van der Waals surface area contributed by atoms with Gasteiger partial charge >= 0.3 is 0 Å². The highest BCUT2D eigenvalue weighted by Crippen LogP contribution is 2.35. The van der Waals surface area contributed by atoms with Crippen LogP contribution in [-0.4, -0.2) is 64.5 Å². The second kappa shape index (κ2) is 11.6. The van der Waals surface area contributed by atoms with Gasteiger partial charge in [-0.1, -0.05) is 58.0 Å². The molecule has 3 aliphatic heterocycles. The van der Waals surface area contributed by atoms with Crippen LogP contribution in [0.15, 0.2) is 42.4 Å². The number of rotatable bonds is 9. The molecule has 0 spiro atoms. The molecule has 2 saturated heterocycles. The predicted molar refractivity (Wildman–Crippen MR) is 137 cm³/mol. The van der Waals surface area contributed by atoms with E-state index in [0.29, 0.717) is 31.2 Å². The Hall–Kier alpha value is -2.38. The van der Waals surface area contributed by atoms with E-state index in [9.17, 15) is 9.59 Å². The quantitative estimate of drug-likeness (QED) is 0.578. The Morgan fingerprint density at radius 1 is 0.971 bits per heavy atom. The van der Waals surface area contributed by atoms with Gasteiger partial charge in [-0.25, -0.2) is 5.06 Å². The van der Waals surface area contributed by atoms with E-state index < -0.39 is 12.1 Å². The van der Waals surface area contributed by atoms with Gasteiger partial charge < -0.3 is 10.2 Å². The van der Waals surface area contributed by atoms with Crippen LogP contribution in [0.3, 0.4) is 0 Å². The van der Waals surface area contributed by atoms with E-state index in [1.54, 1.807) is 4.90 Å². The Bertz CT molecular complexity index is 895. The summed E-state index contributed by atoms with van der Waals surface area (Å²) in [5, 5.41) is 5.30. The summed E-state index contributed by atoms with van der Waals surface area (Å²) in [6.45, 7) is 10.9. The number of piperidine rings is 1. The first-order valence-electron chi connectivity index (χ1n) is 13.4. The van der Waals surface area contributed by atoms with Gasteiger partial charge in [0.2, 0.25) is 5.91 Å². The summed E-state index contributed by atoms with van der Waals surface area (Å²) >= 11 is 0. The average molecular weight is 483 g/mol. The molecule has 1 aromatic carbocycles. The molecule has 1 N–H and O–H groups in total. The summed E-state index contributed by atoms with van der Waals surface area (Å²) in [4.78, 5) is 37.6. The molecule has 0 radical (unpaired) electrons. The number of aryl methyl sites for hydroxylation is 1. The fourth-order valence-electron chi connectivity index (χ4n) is 5.38. The van der Waals surface area contributed by atoms with Crippen molar-refractivity contribution in [2.45, 2.75) is 84.4 Å². The number of carbonyl (C=O) groups is 2. The number of hydrogen-bond acceptors (Lipinski definition) is 5. The van der Waals surface area contributed by atoms with Crippen LogP contribution in [0.2, 0.25) is 0 Å². The van der Waals surface area contributed by atoms with Crippen molar-refractivity contribution in [1.82, 2.24) is 20.2 Å². The largest absolute Gasteiger partial charge is 0.317 e. The molecule has 2 amide bonds. The number of hydrogen-bond donors (Lipinski definition) is 1. The zero-order valence-electron chi connectivity index (χ0n) is 21.8. The molecule has 2 atom stereocenters. The van der Waals surface area contributed by atoms with E-state index in [1.165, 1.54) is 5.56 Å². The minimum Gasteiger partial charge on any atom is -0.317 e. The summed E-state index contributed by atoms with van der Waals surface area (Å²) in [6.07, 6.45) is 6.30. The number of hydroxylamine groups is 2. The molecular formula is C28H42N4O3. The van der Waals surface area contributed by atoms with Crippen molar-refractivity contribution >= 4 is 11.8 Å². The molecular weight excluding hydrogens is 440 g/mol. The number of nitrogens with one attached hydrogen (secondary N) is 1. The summed E-state index contributed by atoms with van der Waals surface area (Å²) in [5.41, 5.74) is 1.29. The summed E-state index contributed by atoms with van der Waals surface area (Å²) in [5.74, 6) is 1.32. The van der Waals surface area contributed by atoms with Crippen LogP contribution in [0.5, 0.6) is 0 Å².